The van der Waals surface area contributed by atoms with Gasteiger partial charge in [0.1, 0.15) is 12.3 Å². The van der Waals surface area contributed by atoms with Crippen LogP contribution >= 0.6 is 11.6 Å². The van der Waals surface area contributed by atoms with Gasteiger partial charge in [-0.25, -0.2) is 9.78 Å². The maximum atomic E-state index is 11.4. The number of hydrogen-bond acceptors (Lipinski definition) is 5. The molecule has 2 rings (SSSR count). The molecule has 0 fully saturated rings. The summed E-state index contributed by atoms with van der Waals surface area (Å²) in [5.74, 6) is 0.629. The number of methoxy groups -OCH3 is 2. The summed E-state index contributed by atoms with van der Waals surface area (Å²) in [6.45, 7) is 0.268. The molecule has 1 heterocycles. The summed E-state index contributed by atoms with van der Waals surface area (Å²) in [4.78, 5) is 15.4. The highest BCUT2D eigenvalue weighted by Crippen LogP contribution is 2.30. The van der Waals surface area contributed by atoms with E-state index in [4.69, 9.17) is 21.1 Å². The molecule has 0 atom stereocenters. The van der Waals surface area contributed by atoms with Crippen LogP contribution in [0.1, 0.15) is 16.1 Å². The predicted octanol–water partition coefficient (Wildman–Crippen LogP) is 3.11. The number of hydrogen-bond donors (Lipinski definition) is 0. The Morgan fingerprint density at radius 3 is 2.71 bits per heavy atom. The van der Waals surface area contributed by atoms with Gasteiger partial charge in [0.25, 0.3) is 0 Å². The average molecular weight is 308 g/mol. The maximum absolute atomic E-state index is 11.4. The molecule has 5 nitrogen and oxygen atoms in total. The van der Waals surface area contributed by atoms with E-state index in [1.54, 1.807) is 37.4 Å². The van der Waals surface area contributed by atoms with Crippen LogP contribution < -0.4 is 9.47 Å². The van der Waals surface area contributed by atoms with Crippen molar-refractivity contribution < 1.29 is 19.0 Å². The largest absolute Gasteiger partial charge is 0.493 e. The number of ether oxygens (including phenoxy) is 3. The number of pyridine rings is 1. The van der Waals surface area contributed by atoms with E-state index < -0.39 is 5.97 Å². The second kappa shape index (κ2) is 6.95. The molecule has 0 aliphatic rings. The standard InChI is InChI=1S/C15H14ClNO4/c1-19-14-8-11(16)3-4-13(14)21-9-10-5-6-17-12(7-10)15(18)20-2/h3-8H,9H2,1-2H3. The van der Waals surface area contributed by atoms with Gasteiger partial charge in [-0.2, -0.15) is 0 Å². The molecule has 1 aromatic carbocycles. The van der Waals surface area contributed by atoms with Crippen molar-refractivity contribution in [2.45, 2.75) is 6.61 Å². The van der Waals surface area contributed by atoms with Gasteiger partial charge in [0.2, 0.25) is 0 Å². The van der Waals surface area contributed by atoms with Crippen LogP contribution in [0.15, 0.2) is 36.5 Å². The lowest BCUT2D eigenvalue weighted by Crippen LogP contribution is -2.06. The second-order valence-electron chi connectivity index (χ2n) is 4.12. The minimum absolute atomic E-state index is 0.238. The summed E-state index contributed by atoms with van der Waals surface area (Å²) in [6, 6.07) is 8.49. The number of carbonyl (C=O) groups is 1. The van der Waals surface area contributed by atoms with Crippen molar-refractivity contribution in [3.63, 3.8) is 0 Å². The molecule has 2 aromatic rings. The van der Waals surface area contributed by atoms with Crippen molar-refractivity contribution in [2.24, 2.45) is 0 Å². The minimum Gasteiger partial charge on any atom is -0.493 e. The van der Waals surface area contributed by atoms with Gasteiger partial charge in [0, 0.05) is 17.3 Å². The third kappa shape index (κ3) is 3.86. The Bertz CT molecular complexity index is 645. The van der Waals surface area contributed by atoms with Crippen LogP contribution in [0.5, 0.6) is 11.5 Å². The third-order valence-electron chi connectivity index (χ3n) is 2.74. The lowest BCUT2D eigenvalue weighted by atomic mass is 10.2. The number of rotatable bonds is 5. The molecule has 0 unspecified atom stereocenters. The van der Waals surface area contributed by atoms with Gasteiger partial charge in [-0.05, 0) is 29.8 Å². The van der Waals surface area contributed by atoms with Gasteiger partial charge in [0.05, 0.1) is 14.2 Å². The summed E-state index contributed by atoms with van der Waals surface area (Å²) >= 11 is 5.89. The van der Waals surface area contributed by atoms with Gasteiger partial charge in [0.15, 0.2) is 11.5 Å². The van der Waals surface area contributed by atoms with Crippen LogP contribution in [0.25, 0.3) is 0 Å². The molecular formula is C15H14ClNO4. The Morgan fingerprint density at radius 2 is 2.00 bits per heavy atom. The van der Waals surface area contributed by atoms with Crippen molar-refractivity contribution in [3.05, 3.63) is 52.8 Å². The monoisotopic (exact) mass is 307 g/mol. The molecule has 0 N–H and O–H groups in total. The number of halogens is 1. The molecule has 6 heteroatoms. The second-order valence-corrected chi connectivity index (χ2v) is 4.56. The summed E-state index contributed by atoms with van der Waals surface area (Å²) < 4.78 is 15.5. The van der Waals surface area contributed by atoms with Crippen molar-refractivity contribution in [3.8, 4) is 11.5 Å². The molecule has 1 aromatic heterocycles. The first-order valence-corrected chi connectivity index (χ1v) is 6.51. The number of benzene rings is 1. The molecule has 21 heavy (non-hydrogen) atoms. The summed E-state index contributed by atoms with van der Waals surface area (Å²) in [5.41, 5.74) is 1.03. The zero-order chi connectivity index (χ0) is 15.2. The zero-order valence-electron chi connectivity index (χ0n) is 11.6. The smallest absolute Gasteiger partial charge is 0.356 e. The molecular weight excluding hydrogens is 294 g/mol. The Balaban J connectivity index is 2.11. The molecule has 110 valence electrons. The fraction of sp³-hybridized carbons (Fsp3) is 0.200. The lowest BCUT2D eigenvalue weighted by Gasteiger charge is -2.11. The SMILES string of the molecule is COC(=O)c1cc(COc2ccc(Cl)cc2OC)ccn1. The van der Waals surface area contributed by atoms with Gasteiger partial charge < -0.3 is 14.2 Å². The van der Waals surface area contributed by atoms with Crippen molar-refractivity contribution in [1.82, 2.24) is 4.98 Å². The first-order chi connectivity index (χ1) is 10.1. The zero-order valence-corrected chi connectivity index (χ0v) is 12.4. The van der Waals surface area contributed by atoms with Gasteiger partial charge in [-0.1, -0.05) is 11.6 Å². The molecule has 0 bridgehead atoms. The van der Waals surface area contributed by atoms with Crippen LogP contribution in [0.2, 0.25) is 5.02 Å². The quantitative estimate of drug-likeness (QED) is 0.794. The molecule has 0 amide bonds. The van der Waals surface area contributed by atoms with Crippen LogP contribution in [-0.4, -0.2) is 25.2 Å². The van der Waals surface area contributed by atoms with E-state index in [-0.39, 0.29) is 12.3 Å². The predicted molar refractivity (Wildman–Crippen MR) is 77.9 cm³/mol. The highest BCUT2D eigenvalue weighted by atomic mass is 35.5. The fourth-order valence-corrected chi connectivity index (χ4v) is 1.86. The number of aromatic nitrogens is 1. The van der Waals surface area contributed by atoms with Crippen LogP contribution in [0, 0.1) is 0 Å². The molecule has 0 aliphatic heterocycles. The molecule has 0 aliphatic carbocycles. The van der Waals surface area contributed by atoms with E-state index in [1.807, 2.05) is 0 Å². The Morgan fingerprint density at radius 1 is 1.19 bits per heavy atom. The first-order valence-electron chi connectivity index (χ1n) is 6.13. The Labute approximate surface area is 127 Å². The highest BCUT2D eigenvalue weighted by molar-refractivity contribution is 6.30. The Hall–Kier alpha value is -2.27. The summed E-state index contributed by atoms with van der Waals surface area (Å²) in [7, 11) is 2.85. The summed E-state index contributed by atoms with van der Waals surface area (Å²) in [5, 5.41) is 0.566. The normalized spacial score (nSPS) is 10.0. The van der Waals surface area contributed by atoms with Crippen molar-refractivity contribution in [1.29, 1.82) is 0 Å². The molecule has 0 radical (unpaired) electrons. The van der Waals surface area contributed by atoms with Gasteiger partial charge in [-0.3, -0.25) is 0 Å². The van der Waals surface area contributed by atoms with Crippen molar-refractivity contribution in [2.75, 3.05) is 14.2 Å². The molecule has 0 spiro atoms. The molecule has 0 saturated heterocycles. The fourth-order valence-electron chi connectivity index (χ4n) is 1.70. The molecule has 0 saturated carbocycles. The van der Waals surface area contributed by atoms with Crippen LogP contribution in [0.4, 0.5) is 0 Å². The van der Waals surface area contributed by atoms with Crippen LogP contribution in [0.3, 0.4) is 0 Å². The van der Waals surface area contributed by atoms with E-state index in [0.717, 1.165) is 5.56 Å². The Kier molecular flexibility index (Phi) is 5.00. The topological polar surface area (TPSA) is 57.7 Å². The average Bonchev–Trinajstić information content (AvgIpc) is 2.53. The lowest BCUT2D eigenvalue weighted by molar-refractivity contribution is 0.0594. The van der Waals surface area contributed by atoms with Gasteiger partial charge >= 0.3 is 5.97 Å². The third-order valence-corrected chi connectivity index (χ3v) is 2.97. The van der Waals surface area contributed by atoms with E-state index in [9.17, 15) is 4.79 Å². The van der Waals surface area contributed by atoms with Crippen molar-refractivity contribution >= 4 is 17.6 Å². The van der Waals surface area contributed by atoms with E-state index in [1.165, 1.54) is 13.3 Å². The van der Waals surface area contributed by atoms with Gasteiger partial charge in [-0.15, -0.1) is 0 Å². The summed E-state index contributed by atoms with van der Waals surface area (Å²) in [6.07, 6.45) is 1.53. The maximum Gasteiger partial charge on any atom is 0.356 e. The van der Waals surface area contributed by atoms with E-state index in [2.05, 4.69) is 9.72 Å². The minimum atomic E-state index is -0.485. The van der Waals surface area contributed by atoms with E-state index in [0.29, 0.717) is 16.5 Å². The first kappa shape index (κ1) is 15.1. The number of esters is 1. The van der Waals surface area contributed by atoms with Crippen LogP contribution in [-0.2, 0) is 11.3 Å². The number of nitrogens with zero attached hydrogens (tertiary/aromatic N) is 1. The highest BCUT2D eigenvalue weighted by Gasteiger charge is 2.09. The van der Waals surface area contributed by atoms with E-state index >= 15 is 0 Å². The number of carbonyl (C=O) groups excluding carboxylic acids is 1.